The first-order valence-corrected chi connectivity index (χ1v) is 10.7. The van der Waals surface area contributed by atoms with Crippen LogP contribution in [0.5, 0.6) is 5.75 Å². The Bertz CT molecular complexity index is 664. The number of aliphatic carboxylic acids is 1. The molecule has 2 aromatic carbocycles. The monoisotopic (exact) mass is 382 g/mol. The molecule has 2 aromatic rings. The number of ether oxygens (including phenoxy) is 1. The maximum Gasteiger partial charge on any atom is 0.306 e. The second-order valence-corrected chi connectivity index (χ2v) is 7.55. The molecule has 0 aliphatic carbocycles. The summed E-state index contributed by atoms with van der Waals surface area (Å²) in [6, 6.07) is 18.1. The minimum Gasteiger partial charge on any atom is -0.489 e. The zero-order valence-corrected chi connectivity index (χ0v) is 17.1. The van der Waals surface area contributed by atoms with Crippen LogP contribution in [0.15, 0.2) is 54.6 Å². The van der Waals surface area contributed by atoms with Crippen molar-refractivity contribution in [2.45, 2.75) is 71.3 Å². The van der Waals surface area contributed by atoms with E-state index in [-0.39, 0.29) is 5.92 Å². The number of unbranched alkanes of at least 4 members (excludes halogenated alkanes) is 5. The summed E-state index contributed by atoms with van der Waals surface area (Å²) in [7, 11) is 0. The summed E-state index contributed by atoms with van der Waals surface area (Å²) in [5.74, 6) is -0.0500. The molecule has 0 bridgehead atoms. The molecule has 28 heavy (non-hydrogen) atoms. The molecule has 1 atom stereocenters. The van der Waals surface area contributed by atoms with Gasteiger partial charge in [-0.05, 0) is 42.5 Å². The lowest BCUT2D eigenvalue weighted by Gasteiger charge is -2.13. The van der Waals surface area contributed by atoms with E-state index in [4.69, 9.17) is 4.74 Å². The number of benzene rings is 2. The van der Waals surface area contributed by atoms with E-state index in [1.54, 1.807) is 0 Å². The summed E-state index contributed by atoms with van der Waals surface area (Å²) in [6.07, 6.45) is 9.49. The van der Waals surface area contributed by atoms with Gasteiger partial charge >= 0.3 is 5.97 Å². The zero-order valence-electron chi connectivity index (χ0n) is 17.1. The van der Waals surface area contributed by atoms with Crippen molar-refractivity contribution < 1.29 is 14.6 Å². The van der Waals surface area contributed by atoms with Gasteiger partial charge in [0.15, 0.2) is 0 Å². The van der Waals surface area contributed by atoms with Crippen LogP contribution in [0, 0.1) is 5.92 Å². The molecule has 0 amide bonds. The fourth-order valence-electron chi connectivity index (χ4n) is 3.40. The summed E-state index contributed by atoms with van der Waals surface area (Å²) in [5.41, 5.74) is 2.31. The quantitative estimate of drug-likeness (QED) is 0.372. The van der Waals surface area contributed by atoms with E-state index in [0.717, 1.165) is 37.0 Å². The number of aryl methyl sites for hydroxylation is 1. The Morgan fingerprint density at radius 1 is 0.857 bits per heavy atom. The highest BCUT2D eigenvalue weighted by atomic mass is 16.5. The molecule has 0 fully saturated rings. The molecular formula is C25H34O3. The van der Waals surface area contributed by atoms with Crippen molar-refractivity contribution in [1.82, 2.24) is 0 Å². The third-order valence-corrected chi connectivity index (χ3v) is 5.21. The van der Waals surface area contributed by atoms with Crippen molar-refractivity contribution in [2.24, 2.45) is 5.92 Å². The molecule has 1 unspecified atom stereocenters. The molecule has 0 saturated carbocycles. The van der Waals surface area contributed by atoms with Crippen LogP contribution < -0.4 is 4.74 Å². The van der Waals surface area contributed by atoms with Gasteiger partial charge in [-0.3, -0.25) is 4.79 Å². The lowest BCUT2D eigenvalue weighted by molar-refractivity contribution is -0.142. The van der Waals surface area contributed by atoms with Crippen LogP contribution >= 0.6 is 0 Å². The number of carbonyl (C=O) groups is 1. The van der Waals surface area contributed by atoms with Gasteiger partial charge in [0.05, 0.1) is 5.92 Å². The summed E-state index contributed by atoms with van der Waals surface area (Å²) in [6.45, 7) is 2.77. The van der Waals surface area contributed by atoms with Gasteiger partial charge in [-0.25, -0.2) is 0 Å². The maximum atomic E-state index is 11.5. The summed E-state index contributed by atoms with van der Waals surface area (Å²) in [4.78, 5) is 11.5. The molecule has 3 heteroatoms. The van der Waals surface area contributed by atoms with Crippen LogP contribution in [0.2, 0.25) is 0 Å². The molecule has 0 spiro atoms. The van der Waals surface area contributed by atoms with Crippen molar-refractivity contribution >= 4 is 5.97 Å². The highest BCUT2D eigenvalue weighted by molar-refractivity contribution is 5.69. The van der Waals surface area contributed by atoms with Crippen LogP contribution in [0.1, 0.15) is 69.4 Å². The van der Waals surface area contributed by atoms with Gasteiger partial charge in [0, 0.05) is 0 Å². The molecule has 0 heterocycles. The molecule has 0 saturated heterocycles. The van der Waals surface area contributed by atoms with E-state index >= 15 is 0 Å². The summed E-state index contributed by atoms with van der Waals surface area (Å²) < 4.78 is 5.81. The number of hydrogen-bond acceptors (Lipinski definition) is 2. The molecule has 2 rings (SSSR count). The number of carboxylic acid groups (broad SMARTS) is 1. The van der Waals surface area contributed by atoms with E-state index in [1.807, 2.05) is 54.6 Å². The summed E-state index contributed by atoms with van der Waals surface area (Å²) in [5, 5.41) is 9.49. The van der Waals surface area contributed by atoms with Crippen molar-refractivity contribution in [3.63, 3.8) is 0 Å². The van der Waals surface area contributed by atoms with Crippen molar-refractivity contribution in [3.8, 4) is 5.75 Å². The highest BCUT2D eigenvalue weighted by Gasteiger charge is 2.16. The first-order chi connectivity index (χ1) is 13.7. The third-order valence-electron chi connectivity index (χ3n) is 5.21. The number of hydrogen-bond donors (Lipinski definition) is 1. The molecule has 0 aliphatic heterocycles. The van der Waals surface area contributed by atoms with Crippen LogP contribution in [0.25, 0.3) is 0 Å². The first kappa shape index (κ1) is 22.0. The predicted octanol–water partition coefficient (Wildman–Crippen LogP) is 6.65. The van der Waals surface area contributed by atoms with Crippen LogP contribution in [-0.2, 0) is 17.8 Å². The van der Waals surface area contributed by atoms with E-state index in [0.29, 0.717) is 13.0 Å². The second kappa shape index (κ2) is 13.0. The lowest BCUT2D eigenvalue weighted by atomic mass is 9.94. The zero-order chi connectivity index (χ0) is 20.0. The molecular weight excluding hydrogens is 348 g/mol. The van der Waals surface area contributed by atoms with Gasteiger partial charge in [0.25, 0.3) is 0 Å². The molecule has 0 aliphatic rings. The summed E-state index contributed by atoms with van der Waals surface area (Å²) >= 11 is 0. The molecule has 0 aromatic heterocycles. The first-order valence-electron chi connectivity index (χ1n) is 10.7. The maximum absolute atomic E-state index is 11.5. The minimum atomic E-state index is -0.656. The van der Waals surface area contributed by atoms with Crippen LogP contribution in [0.4, 0.5) is 0 Å². The normalized spacial score (nSPS) is 11.9. The third kappa shape index (κ3) is 8.60. The molecule has 0 radical (unpaired) electrons. The lowest BCUT2D eigenvalue weighted by Crippen LogP contribution is -2.14. The SMILES string of the molecule is CCCCCCCCC(CCc1ccc(OCc2ccccc2)cc1)C(=O)O. The Labute approximate surface area is 169 Å². The van der Waals surface area contributed by atoms with Gasteiger partial charge in [-0.1, -0.05) is 87.9 Å². The average Bonchev–Trinajstić information content (AvgIpc) is 2.72. The van der Waals surface area contributed by atoms with E-state index < -0.39 is 5.97 Å². The van der Waals surface area contributed by atoms with Crippen LogP contribution in [0.3, 0.4) is 0 Å². The second-order valence-electron chi connectivity index (χ2n) is 7.55. The fraction of sp³-hybridized carbons (Fsp3) is 0.480. The minimum absolute atomic E-state index is 0.236. The number of carboxylic acids is 1. The average molecular weight is 383 g/mol. The van der Waals surface area contributed by atoms with E-state index in [9.17, 15) is 9.90 Å². The van der Waals surface area contributed by atoms with Gasteiger partial charge < -0.3 is 9.84 Å². The van der Waals surface area contributed by atoms with Crippen molar-refractivity contribution in [1.29, 1.82) is 0 Å². The highest BCUT2D eigenvalue weighted by Crippen LogP contribution is 2.20. The van der Waals surface area contributed by atoms with Gasteiger partial charge in [-0.2, -0.15) is 0 Å². The fourth-order valence-corrected chi connectivity index (χ4v) is 3.40. The predicted molar refractivity (Wildman–Crippen MR) is 115 cm³/mol. The Kier molecular flexibility index (Phi) is 10.2. The standard InChI is InChI=1S/C25H34O3/c1-2-3-4-5-6-10-13-23(25(26)27)17-14-21-15-18-24(19-16-21)28-20-22-11-8-7-9-12-22/h7-9,11-12,15-16,18-19,23H,2-6,10,13-14,17,20H2,1H3,(H,26,27). The van der Waals surface area contributed by atoms with Gasteiger partial charge in [0.1, 0.15) is 12.4 Å². The number of rotatable bonds is 14. The van der Waals surface area contributed by atoms with Gasteiger partial charge in [-0.15, -0.1) is 0 Å². The van der Waals surface area contributed by atoms with Crippen molar-refractivity contribution in [2.75, 3.05) is 0 Å². The smallest absolute Gasteiger partial charge is 0.306 e. The molecule has 152 valence electrons. The van der Waals surface area contributed by atoms with E-state index in [1.165, 1.54) is 31.2 Å². The Morgan fingerprint density at radius 3 is 2.21 bits per heavy atom. The molecule has 1 N–H and O–H groups in total. The molecule has 3 nitrogen and oxygen atoms in total. The Hall–Kier alpha value is -2.29. The Morgan fingerprint density at radius 2 is 1.54 bits per heavy atom. The largest absolute Gasteiger partial charge is 0.489 e. The topological polar surface area (TPSA) is 46.5 Å². The van der Waals surface area contributed by atoms with E-state index in [2.05, 4.69) is 6.92 Å². The Balaban J connectivity index is 1.71. The van der Waals surface area contributed by atoms with Gasteiger partial charge in [0.2, 0.25) is 0 Å². The van der Waals surface area contributed by atoms with Crippen molar-refractivity contribution in [3.05, 3.63) is 65.7 Å². The van der Waals surface area contributed by atoms with Crippen LogP contribution in [-0.4, -0.2) is 11.1 Å².